The van der Waals surface area contributed by atoms with Gasteiger partial charge in [-0.2, -0.15) is 0 Å². The molecule has 0 atom stereocenters. The minimum atomic E-state index is -0.230. The average Bonchev–Trinajstić information content (AvgIpc) is 3.21. The van der Waals surface area contributed by atoms with E-state index in [1.165, 1.54) is 12.0 Å². The number of methoxy groups -OCH3 is 1. The molecule has 0 unspecified atom stereocenters. The van der Waals surface area contributed by atoms with Crippen LogP contribution in [0.4, 0.5) is 5.69 Å². The number of ether oxygens (including phenoxy) is 1. The van der Waals surface area contributed by atoms with E-state index in [4.69, 9.17) is 16.3 Å². The van der Waals surface area contributed by atoms with Gasteiger partial charge in [0.15, 0.2) is 0 Å². The summed E-state index contributed by atoms with van der Waals surface area (Å²) in [6, 6.07) is 9.23. The van der Waals surface area contributed by atoms with Crippen LogP contribution in [0.15, 0.2) is 35.7 Å². The molecular weight excluding hydrogens is 424 g/mol. The van der Waals surface area contributed by atoms with Gasteiger partial charge in [-0.25, -0.2) is 0 Å². The Kier molecular flexibility index (Phi) is 8.09. The minimum Gasteiger partial charge on any atom is -0.495 e. The van der Waals surface area contributed by atoms with E-state index >= 15 is 0 Å². The number of benzene rings is 1. The lowest BCUT2D eigenvalue weighted by Crippen LogP contribution is -2.51. The fourth-order valence-electron chi connectivity index (χ4n) is 3.38. The number of thiophene rings is 1. The number of anilines is 1. The lowest BCUT2D eigenvalue weighted by Gasteiger charge is -2.35. The van der Waals surface area contributed by atoms with Gasteiger partial charge in [0.2, 0.25) is 11.8 Å². The zero-order valence-electron chi connectivity index (χ0n) is 17.3. The van der Waals surface area contributed by atoms with E-state index in [1.54, 1.807) is 41.5 Å². The molecule has 162 valence electrons. The van der Waals surface area contributed by atoms with Gasteiger partial charge in [0.1, 0.15) is 5.75 Å². The fraction of sp³-hybridized carbons (Fsp3) is 0.429. The standard InChI is InChI=1S/C21H27ClN4O3S/c1-24(14-20(27)23-18-12-16(22)5-6-19(18)29-2)15-21(28)26-9-7-25(8-10-26)13-17-4-3-11-30-17/h3-6,11-12H,7-10,13-15H2,1-2H3,(H,23,27). The van der Waals surface area contributed by atoms with Crippen molar-refractivity contribution >= 4 is 40.4 Å². The largest absolute Gasteiger partial charge is 0.495 e. The van der Waals surface area contributed by atoms with Crippen molar-refractivity contribution in [2.24, 2.45) is 0 Å². The Morgan fingerprint density at radius 3 is 2.63 bits per heavy atom. The smallest absolute Gasteiger partial charge is 0.238 e. The van der Waals surface area contributed by atoms with E-state index in [-0.39, 0.29) is 24.9 Å². The summed E-state index contributed by atoms with van der Waals surface area (Å²) in [5.41, 5.74) is 0.511. The molecule has 0 saturated carbocycles. The molecule has 1 aromatic heterocycles. The number of rotatable bonds is 8. The topological polar surface area (TPSA) is 65.1 Å². The SMILES string of the molecule is COc1ccc(Cl)cc1NC(=O)CN(C)CC(=O)N1CCN(Cc2cccs2)CC1. The van der Waals surface area contributed by atoms with E-state index in [9.17, 15) is 9.59 Å². The monoisotopic (exact) mass is 450 g/mol. The highest BCUT2D eigenvalue weighted by molar-refractivity contribution is 7.09. The number of piperazine rings is 1. The third kappa shape index (κ3) is 6.43. The van der Waals surface area contributed by atoms with Crippen molar-refractivity contribution in [1.29, 1.82) is 0 Å². The lowest BCUT2D eigenvalue weighted by atomic mass is 10.2. The Balaban J connectivity index is 1.42. The van der Waals surface area contributed by atoms with Gasteiger partial charge in [0.25, 0.3) is 0 Å². The van der Waals surface area contributed by atoms with Gasteiger partial charge in [0.05, 0.1) is 25.9 Å². The molecule has 2 heterocycles. The summed E-state index contributed by atoms with van der Waals surface area (Å²) in [7, 11) is 3.30. The number of likely N-dealkylation sites (N-methyl/N-ethyl adjacent to an activating group) is 1. The maximum atomic E-state index is 12.6. The van der Waals surface area contributed by atoms with Crippen LogP contribution in [0.3, 0.4) is 0 Å². The second-order valence-electron chi connectivity index (χ2n) is 7.30. The second-order valence-corrected chi connectivity index (χ2v) is 8.77. The molecule has 0 aliphatic carbocycles. The van der Waals surface area contributed by atoms with Gasteiger partial charge in [0, 0.05) is 42.6 Å². The van der Waals surface area contributed by atoms with Crippen molar-refractivity contribution < 1.29 is 14.3 Å². The van der Waals surface area contributed by atoms with Gasteiger partial charge < -0.3 is 15.0 Å². The van der Waals surface area contributed by atoms with Gasteiger partial charge in [-0.3, -0.25) is 19.4 Å². The van der Waals surface area contributed by atoms with Crippen LogP contribution in [0.25, 0.3) is 0 Å². The number of nitrogens with zero attached hydrogens (tertiary/aromatic N) is 3. The minimum absolute atomic E-state index is 0.0430. The fourth-order valence-corrected chi connectivity index (χ4v) is 4.30. The average molecular weight is 451 g/mol. The zero-order valence-corrected chi connectivity index (χ0v) is 18.8. The van der Waals surface area contributed by atoms with Crippen molar-refractivity contribution in [2.75, 3.05) is 58.7 Å². The molecule has 3 rings (SSSR count). The first kappa shape index (κ1) is 22.6. The highest BCUT2D eigenvalue weighted by Gasteiger charge is 2.22. The van der Waals surface area contributed by atoms with Crippen LogP contribution in [-0.2, 0) is 16.1 Å². The molecule has 0 bridgehead atoms. The first-order valence-corrected chi connectivity index (χ1v) is 11.0. The van der Waals surface area contributed by atoms with E-state index in [2.05, 4.69) is 27.7 Å². The van der Waals surface area contributed by atoms with Crippen LogP contribution in [0.2, 0.25) is 5.02 Å². The summed E-state index contributed by atoms with van der Waals surface area (Å²) in [6.07, 6.45) is 0. The van der Waals surface area contributed by atoms with Crippen LogP contribution < -0.4 is 10.1 Å². The summed E-state index contributed by atoms with van der Waals surface area (Å²) in [5.74, 6) is 0.347. The van der Waals surface area contributed by atoms with Gasteiger partial charge >= 0.3 is 0 Å². The maximum absolute atomic E-state index is 12.6. The number of halogens is 1. The molecule has 0 spiro atoms. The van der Waals surface area contributed by atoms with Gasteiger partial charge in [-0.15, -0.1) is 11.3 Å². The van der Waals surface area contributed by atoms with E-state index in [1.807, 2.05) is 4.90 Å². The van der Waals surface area contributed by atoms with Gasteiger partial charge in [-0.1, -0.05) is 17.7 Å². The van der Waals surface area contributed by atoms with Crippen molar-refractivity contribution in [3.8, 4) is 5.75 Å². The predicted octanol–water partition coefficient (Wildman–Crippen LogP) is 2.62. The molecule has 2 aromatic rings. The van der Waals surface area contributed by atoms with E-state index in [0.717, 1.165) is 19.6 Å². The third-order valence-corrected chi connectivity index (χ3v) is 6.04. The number of amides is 2. The van der Waals surface area contributed by atoms with Crippen molar-refractivity contribution in [3.05, 3.63) is 45.6 Å². The van der Waals surface area contributed by atoms with Crippen LogP contribution in [0.1, 0.15) is 4.88 Å². The number of hydrogen-bond donors (Lipinski definition) is 1. The van der Waals surface area contributed by atoms with E-state index < -0.39 is 0 Å². The first-order chi connectivity index (χ1) is 14.4. The summed E-state index contributed by atoms with van der Waals surface area (Å²) in [5, 5.41) is 5.39. The summed E-state index contributed by atoms with van der Waals surface area (Å²) < 4.78 is 5.24. The molecule has 1 fully saturated rings. The Bertz CT molecular complexity index is 854. The van der Waals surface area contributed by atoms with Crippen LogP contribution in [0, 0.1) is 0 Å². The van der Waals surface area contributed by atoms with Crippen LogP contribution in [-0.4, -0.2) is 79.9 Å². The maximum Gasteiger partial charge on any atom is 0.238 e. The molecule has 1 N–H and O–H groups in total. The lowest BCUT2D eigenvalue weighted by molar-refractivity contribution is -0.134. The molecule has 1 aliphatic rings. The summed E-state index contributed by atoms with van der Waals surface area (Å²) in [4.78, 5) is 32.3. The number of hydrogen-bond acceptors (Lipinski definition) is 6. The highest BCUT2D eigenvalue weighted by Crippen LogP contribution is 2.27. The van der Waals surface area contributed by atoms with Crippen molar-refractivity contribution in [1.82, 2.24) is 14.7 Å². The zero-order chi connectivity index (χ0) is 21.5. The summed E-state index contributed by atoms with van der Waals surface area (Å²) in [6.45, 7) is 4.39. The van der Waals surface area contributed by atoms with E-state index in [0.29, 0.717) is 29.5 Å². The third-order valence-electron chi connectivity index (χ3n) is 4.94. The molecular formula is C21H27ClN4O3S. The predicted molar refractivity (Wildman–Crippen MR) is 120 cm³/mol. The van der Waals surface area contributed by atoms with Gasteiger partial charge in [-0.05, 0) is 36.7 Å². The Labute approximate surface area is 186 Å². The summed E-state index contributed by atoms with van der Waals surface area (Å²) >= 11 is 7.76. The van der Waals surface area contributed by atoms with Crippen LogP contribution in [0.5, 0.6) is 5.75 Å². The quantitative estimate of drug-likeness (QED) is 0.669. The highest BCUT2D eigenvalue weighted by atomic mass is 35.5. The molecule has 9 heteroatoms. The van der Waals surface area contributed by atoms with Crippen molar-refractivity contribution in [2.45, 2.75) is 6.54 Å². The second kappa shape index (κ2) is 10.8. The Hall–Kier alpha value is -2.13. The normalized spacial score (nSPS) is 14.7. The first-order valence-electron chi connectivity index (χ1n) is 9.79. The molecule has 30 heavy (non-hydrogen) atoms. The van der Waals surface area contributed by atoms with Crippen LogP contribution >= 0.6 is 22.9 Å². The molecule has 1 aromatic carbocycles. The molecule has 7 nitrogen and oxygen atoms in total. The number of carbonyl (C=O) groups is 2. The van der Waals surface area contributed by atoms with Crippen molar-refractivity contribution in [3.63, 3.8) is 0 Å². The Morgan fingerprint density at radius 1 is 1.20 bits per heavy atom. The Morgan fingerprint density at radius 2 is 1.97 bits per heavy atom. The molecule has 2 amide bonds. The molecule has 1 saturated heterocycles. The molecule has 0 radical (unpaired) electrons. The number of carbonyl (C=O) groups excluding carboxylic acids is 2. The number of nitrogens with one attached hydrogen (secondary N) is 1. The molecule has 1 aliphatic heterocycles.